The molecule has 0 saturated heterocycles. The Kier molecular flexibility index (Phi) is 11.1. The maximum atomic E-state index is 14.5. The highest BCUT2D eigenvalue weighted by Crippen LogP contribution is 2.36. The number of nitrogens with zero attached hydrogens (tertiary/aromatic N) is 2. The molecule has 0 unspecified atom stereocenters. The van der Waals surface area contributed by atoms with E-state index in [1.165, 1.54) is 44.4 Å². The van der Waals surface area contributed by atoms with Crippen molar-refractivity contribution in [1.82, 2.24) is 10.2 Å². The van der Waals surface area contributed by atoms with Gasteiger partial charge in [0.25, 0.3) is 10.0 Å². The molecule has 4 aromatic carbocycles. The molecule has 4 rings (SSSR count). The molecule has 9 nitrogen and oxygen atoms in total. The van der Waals surface area contributed by atoms with Crippen LogP contribution in [0.25, 0.3) is 0 Å². The van der Waals surface area contributed by atoms with Crippen LogP contribution in [0.5, 0.6) is 11.5 Å². The Morgan fingerprint density at radius 1 is 0.867 bits per heavy atom. The number of ether oxygens (including phenoxy) is 2. The predicted octanol–water partition coefficient (Wildman–Crippen LogP) is 5.25. The van der Waals surface area contributed by atoms with E-state index < -0.39 is 34.4 Å². The summed E-state index contributed by atoms with van der Waals surface area (Å²) in [4.78, 5) is 29.3. The van der Waals surface area contributed by atoms with Gasteiger partial charge in [-0.25, -0.2) is 8.42 Å². The van der Waals surface area contributed by atoms with Crippen LogP contribution < -0.4 is 19.1 Å². The number of hydrogen-bond acceptors (Lipinski definition) is 6. The van der Waals surface area contributed by atoms with E-state index in [2.05, 4.69) is 5.32 Å². The molecule has 0 heterocycles. The van der Waals surface area contributed by atoms with Crippen LogP contribution in [0.4, 0.5) is 5.69 Å². The fourth-order valence-corrected chi connectivity index (χ4v) is 6.39. The average Bonchev–Trinajstić information content (AvgIpc) is 3.05. The monoisotopic (exact) mass is 649 g/mol. The summed E-state index contributed by atoms with van der Waals surface area (Å²) >= 11 is 6.12. The first-order valence-electron chi connectivity index (χ1n) is 14.2. The molecule has 0 aromatic heterocycles. The second-order valence-electron chi connectivity index (χ2n) is 10.3. The molecule has 0 fully saturated rings. The van der Waals surface area contributed by atoms with Crippen LogP contribution in [0.3, 0.4) is 0 Å². The van der Waals surface area contributed by atoms with Gasteiger partial charge in [-0.3, -0.25) is 13.9 Å². The molecular weight excluding hydrogens is 614 g/mol. The van der Waals surface area contributed by atoms with Crippen molar-refractivity contribution in [2.45, 2.75) is 30.8 Å². The number of amides is 2. The normalized spacial score (nSPS) is 11.8. The van der Waals surface area contributed by atoms with Gasteiger partial charge in [0, 0.05) is 31.1 Å². The molecule has 0 aliphatic heterocycles. The summed E-state index contributed by atoms with van der Waals surface area (Å²) in [6.07, 6.45) is 0.201. The fraction of sp³-hybridized carbons (Fsp3) is 0.235. The predicted molar refractivity (Wildman–Crippen MR) is 175 cm³/mol. The van der Waals surface area contributed by atoms with Crippen molar-refractivity contribution < 1.29 is 27.5 Å². The van der Waals surface area contributed by atoms with Gasteiger partial charge in [-0.15, -0.1) is 0 Å². The zero-order chi connectivity index (χ0) is 32.6. The molecule has 45 heavy (non-hydrogen) atoms. The number of nitrogens with one attached hydrogen (secondary N) is 1. The number of anilines is 1. The lowest BCUT2D eigenvalue weighted by atomic mass is 10.0. The highest BCUT2D eigenvalue weighted by Gasteiger charge is 2.35. The van der Waals surface area contributed by atoms with Gasteiger partial charge in [0.1, 0.15) is 24.1 Å². The molecule has 1 atom stereocenters. The third-order valence-electron chi connectivity index (χ3n) is 7.33. The van der Waals surface area contributed by atoms with Crippen molar-refractivity contribution in [3.05, 3.63) is 119 Å². The van der Waals surface area contributed by atoms with Crippen LogP contribution in [0, 0.1) is 6.92 Å². The van der Waals surface area contributed by atoms with Crippen molar-refractivity contribution in [1.29, 1.82) is 0 Å². The van der Waals surface area contributed by atoms with Crippen molar-refractivity contribution in [3.63, 3.8) is 0 Å². The Hall–Kier alpha value is -4.54. The van der Waals surface area contributed by atoms with Gasteiger partial charge in [0.05, 0.1) is 24.8 Å². The molecule has 0 spiro atoms. The van der Waals surface area contributed by atoms with E-state index in [1.807, 2.05) is 37.3 Å². The van der Waals surface area contributed by atoms with E-state index in [1.54, 1.807) is 48.5 Å². The summed E-state index contributed by atoms with van der Waals surface area (Å²) in [6, 6.07) is 26.3. The standard InChI is InChI=1S/C34H36ClN3O6S/c1-24-10-17-29(18-11-24)45(41,42)38(30-21-28(43-3)16-19-32(30)44-4)23-33(39)37(22-26-12-14-27(35)15-13-26)31(34(40)36-2)20-25-8-6-5-7-9-25/h5-19,21,31H,20,22-23H2,1-4H3,(H,36,40)/t31-/m1/s1. The Morgan fingerprint density at radius 3 is 2.13 bits per heavy atom. The Labute approximate surface area is 269 Å². The number of carbonyl (C=O) groups is 2. The lowest BCUT2D eigenvalue weighted by Crippen LogP contribution is -2.53. The number of halogens is 1. The summed E-state index contributed by atoms with van der Waals surface area (Å²) < 4.78 is 40.5. The van der Waals surface area contributed by atoms with Crippen LogP contribution in [-0.4, -0.2) is 59.0 Å². The number of methoxy groups -OCH3 is 2. The van der Waals surface area contributed by atoms with E-state index in [4.69, 9.17) is 21.1 Å². The maximum absolute atomic E-state index is 14.5. The number of sulfonamides is 1. The number of hydrogen-bond donors (Lipinski definition) is 1. The zero-order valence-corrected chi connectivity index (χ0v) is 27.1. The number of benzene rings is 4. The van der Waals surface area contributed by atoms with E-state index >= 15 is 0 Å². The second-order valence-corrected chi connectivity index (χ2v) is 12.6. The highest BCUT2D eigenvalue weighted by atomic mass is 35.5. The number of rotatable bonds is 13. The largest absolute Gasteiger partial charge is 0.497 e. The van der Waals surface area contributed by atoms with E-state index in [0.717, 1.165) is 15.4 Å². The molecule has 11 heteroatoms. The Balaban J connectivity index is 1.85. The van der Waals surface area contributed by atoms with Crippen LogP contribution in [-0.2, 0) is 32.6 Å². The lowest BCUT2D eigenvalue weighted by molar-refractivity contribution is -0.139. The number of carbonyl (C=O) groups excluding carboxylic acids is 2. The molecule has 2 amide bonds. The summed E-state index contributed by atoms with van der Waals surface area (Å²) in [5, 5.41) is 3.19. The van der Waals surface area contributed by atoms with E-state index in [-0.39, 0.29) is 29.3 Å². The molecule has 4 aromatic rings. The lowest BCUT2D eigenvalue weighted by Gasteiger charge is -2.34. The number of likely N-dealkylation sites (N-methyl/N-ethyl adjacent to an activating group) is 1. The number of aryl methyl sites for hydroxylation is 1. The maximum Gasteiger partial charge on any atom is 0.264 e. The molecule has 0 aliphatic rings. The van der Waals surface area contributed by atoms with Crippen molar-refractivity contribution in [2.24, 2.45) is 0 Å². The van der Waals surface area contributed by atoms with E-state index in [9.17, 15) is 18.0 Å². The Bertz CT molecular complexity index is 1720. The summed E-state index contributed by atoms with van der Waals surface area (Å²) in [6.45, 7) is 1.24. The molecule has 0 aliphatic carbocycles. The highest BCUT2D eigenvalue weighted by molar-refractivity contribution is 7.92. The van der Waals surface area contributed by atoms with Crippen LogP contribution in [0.2, 0.25) is 5.02 Å². The van der Waals surface area contributed by atoms with Crippen LogP contribution >= 0.6 is 11.6 Å². The topological polar surface area (TPSA) is 105 Å². The van der Waals surface area contributed by atoms with Gasteiger partial charge in [-0.05, 0) is 54.4 Å². The molecule has 0 saturated carbocycles. The van der Waals surface area contributed by atoms with Crippen molar-refractivity contribution in [2.75, 3.05) is 32.1 Å². The first-order chi connectivity index (χ1) is 21.6. The Morgan fingerprint density at radius 2 is 1.53 bits per heavy atom. The SMILES string of the molecule is CNC(=O)[C@@H](Cc1ccccc1)N(Cc1ccc(Cl)cc1)C(=O)CN(c1cc(OC)ccc1OC)S(=O)(=O)c1ccc(C)cc1. The van der Waals surface area contributed by atoms with Crippen LogP contribution in [0.1, 0.15) is 16.7 Å². The minimum Gasteiger partial charge on any atom is -0.497 e. The van der Waals surface area contributed by atoms with Gasteiger partial charge < -0.3 is 19.7 Å². The van der Waals surface area contributed by atoms with Crippen molar-refractivity contribution >= 4 is 39.1 Å². The van der Waals surface area contributed by atoms with Crippen LogP contribution in [0.15, 0.2) is 102 Å². The first-order valence-corrected chi connectivity index (χ1v) is 16.0. The first kappa shape index (κ1) is 33.4. The van der Waals surface area contributed by atoms with Gasteiger partial charge in [0.2, 0.25) is 11.8 Å². The molecule has 0 radical (unpaired) electrons. The minimum atomic E-state index is -4.31. The summed E-state index contributed by atoms with van der Waals surface area (Å²) in [7, 11) is 0.0610. The quantitative estimate of drug-likeness (QED) is 0.212. The molecule has 0 bridgehead atoms. The third-order valence-corrected chi connectivity index (χ3v) is 9.35. The molecular formula is C34H36ClN3O6S. The van der Waals surface area contributed by atoms with Gasteiger partial charge >= 0.3 is 0 Å². The molecule has 236 valence electrons. The third kappa shape index (κ3) is 8.14. The van der Waals surface area contributed by atoms with Gasteiger partial charge in [-0.1, -0.05) is 71.8 Å². The van der Waals surface area contributed by atoms with Gasteiger partial charge in [-0.2, -0.15) is 0 Å². The minimum absolute atomic E-state index is 0.0119. The summed E-state index contributed by atoms with van der Waals surface area (Å²) in [5.41, 5.74) is 2.52. The smallest absolute Gasteiger partial charge is 0.264 e. The fourth-order valence-electron chi connectivity index (χ4n) is 4.85. The second kappa shape index (κ2) is 15.0. The average molecular weight is 650 g/mol. The van der Waals surface area contributed by atoms with E-state index in [0.29, 0.717) is 16.3 Å². The van der Waals surface area contributed by atoms with Crippen molar-refractivity contribution in [3.8, 4) is 11.5 Å². The summed E-state index contributed by atoms with van der Waals surface area (Å²) in [5.74, 6) is -0.411. The molecule has 1 N–H and O–H groups in total. The zero-order valence-electron chi connectivity index (χ0n) is 25.6. The van der Waals surface area contributed by atoms with Gasteiger partial charge in [0.15, 0.2) is 0 Å².